The van der Waals surface area contributed by atoms with E-state index in [2.05, 4.69) is 38.1 Å². The van der Waals surface area contributed by atoms with E-state index in [-0.39, 0.29) is 11.9 Å². The van der Waals surface area contributed by atoms with Gasteiger partial charge in [0.05, 0.1) is 24.0 Å². The number of nitrogens with one attached hydrogen (secondary N) is 1. The zero-order valence-corrected chi connectivity index (χ0v) is 15.5. The van der Waals surface area contributed by atoms with Crippen molar-refractivity contribution in [2.24, 2.45) is 0 Å². The first-order valence-electron chi connectivity index (χ1n) is 8.95. The second-order valence-corrected chi connectivity index (χ2v) is 6.99. The number of carbonyl (C=O) groups excluding carboxylic acids is 1. The van der Waals surface area contributed by atoms with Gasteiger partial charge in [0.1, 0.15) is 0 Å². The van der Waals surface area contributed by atoms with Crippen LogP contribution in [0.1, 0.15) is 43.3 Å². The van der Waals surface area contributed by atoms with E-state index in [4.69, 9.17) is 4.52 Å². The Kier molecular flexibility index (Phi) is 5.22. The Morgan fingerprint density at radius 1 is 1.32 bits per heavy atom. The van der Waals surface area contributed by atoms with Crippen LogP contribution in [0.5, 0.6) is 0 Å². The number of carbonyl (C=O) groups is 1. The average Bonchev–Trinajstić information content (AvgIpc) is 3.12. The van der Waals surface area contributed by atoms with Gasteiger partial charge in [-0.2, -0.15) is 5.10 Å². The number of aryl methyl sites for hydroxylation is 3. The molecule has 1 fully saturated rings. The van der Waals surface area contributed by atoms with Crippen molar-refractivity contribution in [1.29, 1.82) is 0 Å². The van der Waals surface area contributed by atoms with E-state index >= 15 is 0 Å². The molecule has 0 aliphatic carbocycles. The van der Waals surface area contributed by atoms with Crippen LogP contribution >= 0.6 is 0 Å². The quantitative estimate of drug-likeness (QED) is 0.901. The van der Waals surface area contributed by atoms with E-state index in [1.165, 1.54) is 6.42 Å². The van der Waals surface area contributed by atoms with Gasteiger partial charge in [-0.3, -0.25) is 19.7 Å². The summed E-state index contributed by atoms with van der Waals surface area (Å²) >= 11 is 0. The molecule has 0 aromatic carbocycles. The molecule has 0 spiro atoms. The van der Waals surface area contributed by atoms with Gasteiger partial charge in [-0.25, -0.2) is 0 Å². The molecule has 1 aliphatic rings. The molecular formula is C18H27N5O2. The van der Waals surface area contributed by atoms with E-state index in [1.54, 1.807) is 6.07 Å². The van der Waals surface area contributed by atoms with Gasteiger partial charge < -0.3 is 4.52 Å². The highest BCUT2D eigenvalue weighted by atomic mass is 16.5. The van der Waals surface area contributed by atoms with E-state index < -0.39 is 0 Å². The number of piperidine rings is 1. The molecule has 0 saturated carbocycles. The normalized spacial score (nSPS) is 19.8. The number of anilines is 1. The molecule has 136 valence electrons. The second kappa shape index (κ2) is 7.39. The minimum atomic E-state index is -0.229. The minimum absolute atomic E-state index is 0.0589. The van der Waals surface area contributed by atoms with Crippen LogP contribution in [0.4, 0.5) is 5.88 Å². The summed E-state index contributed by atoms with van der Waals surface area (Å²) in [7, 11) is 0. The summed E-state index contributed by atoms with van der Waals surface area (Å²) in [6, 6.07) is 3.90. The molecule has 2 aromatic rings. The van der Waals surface area contributed by atoms with Crippen LogP contribution in [0, 0.1) is 20.8 Å². The molecule has 1 amide bonds. The van der Waals surface area contributed by atoms with Gasteiger partial charge >= 0.3 is 0 Å². The Bertz CT molecular complexity index is 736. The predicted molar refractivity (Wildman–Crippen MR) is 95.4 cm³/mol. The van der Waals surface area contributed by atoms with Crippen LogP contribution in [0.25, 0.3) is 0 Å². The lowest BCUT2D eigenvalue weighted by atomic mass is 9.99. The fourth-order valence-corrected chi connectivity index (χ4v) is 3.59. The van der Waals surface area contributed by atoms with Crippen molar-refractivity contribution >= 4 is 11.8 Å². The van der Waals surface area contributed by atoms with E-state index in [9.17, 15) is 4.79 Å². The van der Waals surface area contributed by atoms with Crippen LogP contribution in [0.15, 0.2) is 16.7 Å². The Balaban J connectivity index is 1.68. The average molecular weight is 345 g/mol. The number of amides is 1. The van der Waals surface area contributed by atoms with Gasteiger partial charge in [-0.05, 0) is 53.1 Å². The molecule has 25 heavy (non-hydrogen) atoms. The molecule has 0 bridgehead atoms. The number of rotatable bonds is 5. The van der Waals surface area contributed by atoms with Gasteiger partial charge in [0.2, 0.25) is 11.8 Å². The summed E-state index contributed by atoms with van der Waals surface area (Å²) in [5, 5.41) is 11.2. The van der Waals surface area contributed by atoms with Gasteiger partial charge in [0, 0.05) is 17.8 Å². The Hall–Kier alpha value is -2.15. The zero-order chi connectivity index (χ0) is 18.0. The van der Waals surface area contributed by atoms with Gasteiger partial charge in [-0.1, -0.05) is 11.6 Å². The maximum atomic E-state index is 12.6. The van der Waals surface area contributed by atoms with Crippen molar-refractivity contribution in [1.82, 2.24) is 19.8 Å². The maximum Gasteiger partial charge on any atom is 0.243 e. The standard InChI is InChI=1S/C18H27N5O2/c1-12-9-14(3)23(20-12)11-16-7-5-6-8-22(16)15(4)18(24)19-17-10-13(2)21-25-17/h9-10,15-16H,5-8,11H2,1-4H3,(H,19,24)/t15-,16-/m0/s1. The van der Waals surface area contributed by atoms with Crippen molar-refractivity contribution in [3.05, 3.63) is 29.2 Å². The molecule has 1 saturated heterocycles. The SMILES string of the molecule is Cc1cc(NC(=O)[C@H](C)N2CCCC[C@H]2Cn2nc(C)cc2C)on1. The first-order chi connectivity index (χ1) is 11.9. The second-order valence-electron chi connectivity index (χ2n) is 6.99. The van der Waals surface area contributed by atoms with Crippen molar-refractivity contribution in [2.45, 2.75) is 65.6 Å². The van der Waals surface area contributed by atoms with Crippen LogP contribution in [0.2, 0.25) is 0 Å². The third-order valence-electron chi connectivity index (χ3n) is 4.91. The van der Waals surface area contributed by atoms with Gasteiger partial charge in [-0.15, -0.1) is 0 Å². The number of likely N-dealkylation sites (tertiary alicyclic amines) is 1. The Morgan fingerprint density at radius 2 is 2.12 bits per heavy atom. The topological polar surface area (TPSA) is 76.2 Å². The van der Waals surface area contributed by atoms with Crippen LogP contribution in [0.3, 0.4) is 0 Å². The molecule has 7 nitrogen and oxygen atoms in total. The molecule has 2 aromatic heterocycles. The van der Waals surface area contributed by atoms with Gasteiger partial charge in [0.15, 0.2) is 0 Å². The lowest BCUT2D eigenvalue weighted by Crippen LogP contribution is -2.51. The first kappa shape index (κ1) is 17.7. The van der Waals surface area contributed by atoms with E-state index in [0.717, 1.165) is 43.0 Å². The van der Waals surface area contributed by atoms with Crippen molar-refractivity contribution in [2.75, 3.05) is 11.9 Å². The lowest BCUT2D eigenvalue weighted by molar-refractivity contribution is -0.122. The summed E-state index contributed by atoms with van der Waals surface area (Å²) in [4.78, 5) is 14.9. The van der Waals surface area contributed by atoms with Crippen LogP contribution in [-0.2, 0) is 11.3 Å². The minimum Gasteiger partial charge on any atom is -0.338 e. The highest BCUT2D eigenvalue weighted by molar-refractivity contribution is 5.93. The van der Waals surface area contributed by atoms with E-state index in [0.29, 0.717) is 11.9 Å². The summed E-state index contributed by atoms with van der Waals surface area (Å²) in [6.07, 6.45) is 3.39. The Morgan fingerprint density at radius 3 is 2.76 bits per heavy atom. The van der Waals surface area contributed by atoms with Crippen molar-refractivity contribution < 1.29 is 9.32 Å². The molecular weight excluding hydrogens is 318 g/mol. The number of aromatic nitrogens is 3. The number of hydrogen-bond donors (Lipinski definition) is 1. The number of hydrogen-bond acceptors (Lipinski definition) is 5. The summed E-state index contributed by atoms with van der Waals surface area (Å²) in [5.74, 6) is 0.345. The molecule has 1 aliphatic heterocycles. The van der Waals surface area contributed by atoms with Crippen molar-refractivity contribution in [3.8, 4) is 0 Å². The van der Waals surface area contributed by atoms with Crippen LogP contribution < -0.4 is 5.32 Å². The molecule has 3 heterocycles. The largest absolute Gasteiger partial charge is 0.338 e. The molecule has 3 rings (SSSR count). The maximum absolute atomic E-state index is 12.6. The third kappa shape index (κ3) is 4.10. The monoisotopic (exact) mass is 345 g/mol. The van der Waals surface area contributed by atoms with E-state index in [1.807, 2.05) is 20.8 Å². The first-order valence-corrected chi connectivity index (χ1v) is 8.95. The van der Waals surface area contributed by atoms with Gasteiger partial charge in [0.25, 0.3) is 0 Å². The van der Waals surface area contributed by atoms with Crippen molar-refractivity contribution in [3.63, 3.8) is 0 Å². The fraction of sp³-hybridized carbons (Fsp3) is 0.611. The zero-order valence-electron chi connectivity index (χ0n) is 15.5. The van der Waals surface area contributed by atoms with Crippen LogP contribution in [-0.4, -0.2) is 44.4 Å². The highest BCUT2D eigenvalue weighted by Gasteiger charge is 2.31. The molecule has 7 heteroatoms. The molecule has 0 radical (unpaired) electrons. The summed E-state index contributed by atoms with van der Waals surface area (Å²) in [6.45, 7) is 9.62. The third-order valence-corrected chi connectivity index (χ3v) is 4.91. The predicted octanol–water partition coefficient (Wildman–Crippen LogP) is 2.68. The molecule has 0 unspecified atom stereocenters. The smallest absolute Gasteiger partial charge is 0.243 e. The lowest BCUT2D eigenvalue weighted by Gasteiger charge is -2.39. The summed E-state index contributed by atoms with van der Waals surface area (Å²) in [5.41, 5.74) is 2.95. The molecule has 1 N–H and O–H groups in total. The number of nitrogens with zero attached hydrogens (tertiary/aromatic N) is 4. The fourth-order valence-electron chi connectivity index (χ4n) is 3.59. The summed E-state index contributed by atoms with van der Waals surface area (Å²) < 4.78 is 7.16. The highest BCUT2D eigenvalue weighted by Crippen LogP contribution is 2.22. The molecule has 2 atom stereocenters. The Labute approximate surface area is 148 Å².